The third-order valence-corrected chi connectivity index (χ3v) is 2.65. The van der Waals surface area contributed by atoms with Crippen LogP contribution in [0.15, 0.2) is 36.4 Å². The van der Waals surface area contributed by atoms with E-state index >= 15 is 0 Å². The molecule has 2 rings (SSSR count). The van der Waals surface area contributed by atoms with Crippen molar-refractivity contribution in [2.45, 2.75) is 0 Å². The van der Waals surface area contributed by atoms with Gasteiger partial charge in [-0.05, 0) is 29.8 Å². The first-order valence-electron chi connectivity index (χ1n) is 4.48. The van der Waals surface area contributed by atoms with Gasteiger partial charge >= 0.3 is 0 Å². The summed E-state index contributed by atoms with van der Waals surface area (Å²) in [6, 6.07) is 8.02. The third kappa shape index (κ3) is 2.34. The zero-order valence-corrected chi connectivity index (χ0v) is 9.49. The molecule has 0 heterocycles. The Bertz CT molecular complexity index is 518. The smallest absolute Gasteiger partial charge is 0.126 e. The minimum Gasteiger partial charge on any atom is -0.207 e. The van der Waals surface area contributed by atoms with E-state index in [0.29, 0.717) is 21.2 Å². The summed E-state index contributed by atoms with van der Waals surface area (Å²) >= 11 is 11.7. The van der Waals surface area contributed by atoms with E-state index in [4.69, 9.17) is 23.2 Å². The molecule has 0 atom stereocenters. The highest BCUT2D eigenvalue weighted by Gasteiger charge is 2.07. The van der Waals surface area contributed by atoms with E-state index in [1.807, 2.05) is 0 Å². The Labute approximate surface area is 101 Å². The standard InChI is InChI=1S/C12H6Cl2F2/c13-8-1-2-11(12(14)5-8)7-3-9(15)6-10(16)4-7/h1-6H. The molecule has 0 unspecified atom stereocenters. The Hall–Kier alpha value is -1.12. The van der Waals surface area contributed by atoms with Crippen LogP contribution in [0.1, 0.15) is 0 Å². The summed E-state index contributed by atoms with van der Waals surface area (Å²) in [5, 5.41) is 0.836. The molecule has 0 saturated heterocycles. The van der Waals surface area contributed by atoms with Crippen molar-refractivity contribution >= 4 is 23.2 Å². The lowest BCUT2D eigenvalue weighted by molar-refractivity contribution is 0.584. The molecule has 0 fully saturated rings. The molecule has 0 nitrogen and oxygen atoms in total. The number of hydrogen-bond acceptors (Lipinski definition) is 0. The van der Waals surface area contributed by atoms with Crippen LogP contribution in [-0.4, -0.2) is 0 Å². The van der Waals surface area contributed by atoms with E-state index < -0.39 is 11.6 Å². The van der Waals surface area contributed by atoms with Gasteiger partial charge in [0, 0.05) is 21.7 Å². The highest BCUT2D eigenvalue weighted by atomic mass is 35.5. The van der Waals surface area contributed by atoms with Gasteiger partial charge in [-0.1, -0.05) is 29.3 Å². The molecule has 0 bridgehead atoms. The zero-order valence-electron chi connectivity index (χ0n) is 7.98. The molecule has 0 spiro atoms. The number of rotatable bonds is 1. The molecule has 0 aliphatic carbocycles. The van der Waals surface area contributed by atoms with E-state index in [2.05, 4.69) is 0 Å². The quantitative estimate of drug-likeness (QED) is 0.680. The minimum absolute atomic E-state index is 0.359. The maximum Gasteiger partial charge on any atom is 0.126 e. The summed E-state index contributed by atoms with van der Waals surface area (Å²) in [7, 11) is 0. The van der Waals surface area contributed by atoms with E-state index in [1.165, 1.54) is 18.2 Å². The van der Waals surface area contributed by atoms with E-state index in [-0.39, 0.29) is 0 Å². The topological polar surface area (TPSA) is 0 Å². The van der Waals surface area contributed by atoms with Crippen molar-refractivity contribution in [1.82, 2.24) is 0 Å². The summed E-state index contributed by atoms with van der Waals surface area (Å²) in [4.78, 5) is 0. The molecule has 2 aromatic carbocycles. The molecule has 16 heavy (non-hydrogen) atoms. The predicted octanol–water partition coefficient (Wildman–Crippen LogP) is 4.94. The summed E-state index contributed by atoms with van der Waals surface area (Å²) in [5.41, 5.74) is 0.934. The molecule has 0 aliphatic rings. The lowest BCUT2D eigenvalue weighted by Crippen LogP contribution is -1.85. The molecule has 2 aromatic rings. The molecule has 0 N–H and O–H groups in total. The van der Waals surface area contributed by atoms with Crippen molar-refractivity contribution in [3.8, 4) is 11.1 Å². The first-order valence-corrected chi connectivity index (χ1v) is 5.23. The number of hydrogen-bond donors (Lipinski definition) is 0. The van der Waals surface area contributed by atoms with Crippen LogP contribution in [0.3, 0.4) is 0 Å². The summed E-state index contributed by atoms with van der Waals surface area (Å²) in [6.07, 6.45) is 0. The first kappa shape index (κ1) is 11.4. The van der Waals surface area contributed by atoms with E-state index in [1.54, 1.807) is 12.1 Å². The Morgan fingerprint density at radius 3 is 2.00 bits per heavy atom. The van der Waals surface area contributed by atoms with Gasteiger partial charge in [-0.3, -0.25) is 0 Å². The van der Waals surface area contributed by atoms with Gasteiger partial charge in [0.15, 0.2) is 0 Å². The van der Waals surface area contributed by atoms with Crippen molar-refractivity contribution in [1.29, 1.82) is 0 Å². The Morgan fingerprint density at radius 2 is 1.44 bits per heavy atom. The van der Waals surface area contributed by atoms with Crippen molar-refractivity contribution in [2.24, 2.45) is 0 Å². The van der Waals surface area contributed by atoms with Gasteiger partial charge in [0.05, 0.1) is 0 Å². The largest absolute Gasteiger partial charge is 0.207 e. The second-order valence-corrected chi connectivity index (χ2v) is 4.13. The lowest BCUT2D eigenvalue weighted by Gasteiger charge is -2.05. The number of benzene rings is 2. The summed E-state index contributed by atoms with van der Waals surface area (Å²) < 4.78 is 26.0. The van der Waals surface area contributed by atoms with Crippen LogP contribution >= 0.6 is 23.2 Å². The first-order chi connectivity index (χ1) is 7.56. The highest BCUT2D eigenvalue weighted by Crippen LogP contribution is 2.31. The summed E-state index contributed by atoms with van der Waals surface area (Å²) in [6.45, 7) is 0. The molecule has 0 aliphatic heterocycles. The average molecular weight is 259 g/mol. The minimum atomic E-state index is -0.638. The second-order valence-electron chi connectivity index (χ2n) is 3.28. The van der Waals surface area contributed by atoms with Crippen LogP contribution in [0.2, 0.25) is 10.0 Å². The monoisotopic (exact) mass is 258 g/mol. The van der Waals surface area contributed by atoms with Gasteiger partial charge in [0.25, 0.3) is 0 Å². The van der Waals surface area contributed by atoms with Gasteiger partial charge in [-0.15, -0.1) is 0 Å². The van der Waals surface area contributed by atoms with Crippen LogP contribution in [-0.2, 0) is 0 Å². The molecular formula is C12H6Cl2F2. The maximum absolute atomic E-state index is 13.0. The fourth-order valence-electron chi connectivity index (χ4n) is 1.43. The molecule has 82 valence electrons. The third-order valence-electron chi connectivity index (χ3n) is 2.10. The van der Waals surface area contributed by atoms with Crippen LogP contribution in [0.4, 0.5) is 8.78 Å². The fourth-order valence-corrected chi connectivity index (χ4v) is 1.95. The maximum atomic E-state index is 13.0. The zero-order chi connectivity index (χ0) is 11.7. The van der Waals surface area contributed by atoms with Crippen molar-refractivity contribution in [3.05, 3.63) is 58.1 Å². The second kappa shape index (κ2) is 4.40. The summed E-state index contributed by atoms with van der Waals surface area (Å²) in [5.74, 6) is -1.28. The predicted molar refractivity (Wildman–Crippen MR) is 61.8 cm³/mol. The lowest BCUT2D eigenvalue weighted by atomic mass is 10.1. The van der Waals surface area contributed by atoms with Gasteiger partial charge in [-0.25, -0.2) is 8.78 Å². The van der Waals surface area contributed by atoms with Gasteiger partial charge in [0.2, 0.25) is 0 Å². The molecule has 0 saturated carbocycles. The highest BCUT2D eigenvalue weighted by molar-refractivity contribution is 6.36. The SMILES string of the molecule is Fc1cc(F)cc(-c2ccc(Cl)cc2Cl)c1. The molecule has 4 heteroatoms. The average Bonchev–Trinajstić information content (AvgIpc) is 2.15. The normalized spacial score (nSPS) is 10.5. The van der Waals surface area contributed by atoms with Crippen LogP contribution in [0.25, 0.3) is 11.1 Å². The molecular weight excluding hydrogens is 253 g/mol. The Balaban J connectivity index is 2.58. The van der Waals surface area contributed by atoms with Crippen LogP contribution in [0.5, 0.6) is 0 Å². The molecule has 0 aromatic heterocycles. The van der Waals surface area contributed by atoms with Crippen molar-refractivity contribution < 1.29 is 8.78 Å². The van der Waals surface area contributed by atoms with Gasteiger partial charge in [0.1, 0.15) is 11.6 Å². The van der Waals surface area contributed by atoms with Crippen LogP contribution < -0.4 is 0 Å². The number of halogens is 4. The van der Waals surface area contributed by atoms with E-state index in [9.17, 15) is 8.78 Å². The van der Waals surface area contributed by atoms with Crippen molar-refractivity contribution in [2.75, 3.05) is 0 Å². The molecule has 0 amide bonds. The van der Waals surface area contributed by atoms with Crippen LogP contribution in [0, 0.1) is 11.6 Å². The molecule has 0 radical (unpaired) electrons. The van der Waals surface area contributed by atoms with Crippen molar-refractivity contribution in [3.63, 3.8) is 0 Å². The van der Waals surface area contributed by atoms with Gasteiger partial charge in [-0.2, -0.15) is 0 Å². The van der Waals surface area contributed by atoms with Gasteiger partial charge < -0.3 is 0 Å². The Morgan fingerprint density at radius 1 is 0.812 bits per heavy atom. The Kier molecular flexibility index (Phi) is 3.13. The van der Waals surface area contributed by atoms with E-state index in [0.717, 1.165) is 6.07 Å². The fraction of sp³-hybridized carbons (Fsp3) is 0.